The van der Waals surface area contributed by atoms with Crippen molar-refractivity contribution in [2.75, 3.05) is 0 Å². The van der Waals surface area contributed by atoms with Gasteiger partial charge in [0.15, 0.2) is 0 Å². The van der Waals surface area contributed by atoms with E-state index >= 15 is 0 Å². The average molecular weight is 288 g/mol. The highest BCUT2D eigenvalue weighted by Gasteiger charge is 2.14. The lowest BCUT2D eigenvalue weighted by Crippen LogP contribution is -2.29. The maximum Gasteiger partial charge on any atom is 0.253 e. The molecule has 2 rings (SSSR count). The fraction of sp³-hybridized carbons (Fsp3) is 0.250. The van der Waals surface area contributed by atoms with E-state index in [-0.39, 0.29) is 34.8 Å². The van der Waals surface area contributed by atoms with Crippen molar-refractivity contribution < 1.29 is 9.18 Å². The topological polar surface area (TPSA) is 62.0 Å². The van der Waals surface area contributed by atoms with Crippen molar-refractivity contribution in [2.24, 2.45) is 0 Å². The van der Waals surface area contributed by atoms with E-state index in [0.717, 1.165) is 5.56 Å². The van der Waals surface area contributed by atoms with Crippen molar-refractivity contribution >= 4 is 5.91 Å². The van der Waals surface area contributed by atoms with Gasteiger partial charge in [0.2, 0.25) is 0 Å². The van der Waals surface area contributed by atoms with E-state index in [4.69, 9.17) is 0 Å². The van der Waals surface area contributed by atoms with Gasteiger partial charge in [-0.3, -0.25) is 9.59 Å². The Balaban J connectivity index is 2.22. The number of amides is 1. The zero-order chi connectivity index (χ0) is 15.6. The van der Waals surface area contributed by atoms with Gasteiger partial charge in [-0.2, -0.15) is 0 Å². The second kappa shape index (κ2) is 5.91. The number of carbonyl (C=O) groups excluding carboxylic acids is 1. The molecule has 0 spiro atoms. The number of aryl methyl sites for hydroxylation is 2. The molecule has 0 fully saturated rings. The number of nitrogens with one attached hydrogen (secondary N) is 2. The van der Waals surface area contributed by atoms with Crippen LogP contribution < -0.4 is 10.9 Å². The monoisotopic (exact) mass is 288 g/mol. The summed E-state index contributed by atoms with van der Waals surface area (Å²) >= 11 is 0. The molecule has 2 aromatic rings. The van der Waals surface area contributed by atoms with Crippen LogP contribution in [0.15, 0.2) is 29.1 Å². The molecule has 0 bridgehead atoms. The molecule has 21 heavy (non-hydrogen) atoms. The molecule has 0 saturated carbocycles. The Hall–Kier alpha value is -2.43. The zero-order valence-corrected chi connectivity index (χ0v) is 12.2. The molecule has 0 aliphatic carbocycles. The Bertz CT molecular complexity index is 750. The molecule has 0 unspecified atom stereocenters. The van der Waals surface area contributed by atoms with Gasteiger partial charge in [-0.1, -0.05) is 18.2 Å². The number of aromatic nitrogens is 1. The van der Waals surface area contributed by atoms with Crippen LogP contribution in [0.25, 0.3) is 0 Å². The second-order valence-corrected chi connectivity index (χ2v) is 4.99. The molecule has 5 heteroatoms. The number of H-pyrrole nitrogens is 1. The summed E-state index contributed by atoms with van der Waals surface area (Å²) in [5.74, 6) is -0.734. The lowest BCUT2D eigenvalue weighted by atomic mass is 10.1. The van der Waals surface area contributed by atoms with Crippen molar-refractivity contribution in [3.8, 4) is 0 Å². The largest absolute Gasteiger partial charge is 0.348 e. The van der Waals surface area contributed by atoms with E-state index in [9.17, 15) is 14.0 Å². The number of hydrogen-bond acceptors (Lipinski definition) is 2. The quantitative estimate of drug-likeness (QED) is 0.911. The number of aromatic amines is 1. The van der Waals surface area contributed by atoms with Crippen LogP contribution in [0.1, 0.15) is 32.7 Å². The first kappa shape index (κ1) is 15.0. The van der Waals surface area contributed by atoms with E-state index in [0.29, 0.717) is 5.56 Å². The maximum absolute atomic E-state index is 13.8. The van der Waals surface area contributed by atoms with Gasteiger partial charge >= 0.3 is 0 Å². The molecule has 2 N–H and O–H groups in total. The highest BCUT2D eigenvalue weighted by Crippen LogP contribution is 2.11. The van der Waals surface area contributed by atoms with Gasteiger partial charge in [0, 0.05) is 17.7 Å². The molecule has 1 aromatic carbocycles. The molecule has 0 saturated heterocycles. The van der Waals surface area contributed by atoms with Crippen molar-refractivity contribution in [1.82, 2.24) is 10.3 Å². The summed E-state index contributed by atoms with van der Waals surface area (Å²) in [6.07, 6.45) is 0. The van der Waals surface area contributed by atoms with Crippen LogP contribution in [0.5, 0.6) is 0 Å². The molecule has 1 heterocycles. The molecule has 0 aliphatic heterocycles. The Labute approximate surface area is 122 Å². The fourth-order valence-electron chi connectivity index (χ4n) is 2.19. The molecule has 0 radical (unpaired) electrons. The number of hydrogen-bond donors (Lipinski definition) is 2. The van der Waals surface area contributed by atoms with E-state index in [1.807, 2.05) is 19.1 Å². The fourth-order valence-corrected chi connectivity index (χ4v) is 2.19. The van der Waals surface area contributed by atoms with E-state index in [1.54, 1.807) is 12.1 Å². The van der Waals surface area contributed by atoms with Gasteiger partial charge in [-0.25, -0.2) is 4.39 Å². The van der Waals surface area contributed by atoms with E-state index in [2.05, 4.69) is 10.3 Å². The third-order valence-electron chi connectivity index (χ3n) is 3.50. The number of halogens is 1. The summed E-state index contributed by atoms with van der Waals surface area (Å²) in [4.78, 5) is 26.4. The van der Waals surface area contributed by atoms with Gasteiger partial charge < -0.3 is 10.3 Å². The van der Waals surface area contributed by atoms with Crippen LogP contribution in [-0.2, 0) is 6.54 Å². The molecule has 0 aliphatic rings. The molecule has 1 amide bonds. The standard InChI is InChI=1S/C16H17FN2O2/c1-9-6-4-5-7-12(9)15(20)18-8-13-10(2)14(17)11(3)19-16(13)21/h4-7H,8H2,1-3H3,(H,18,20)(H,19,21). The molecular weight excluding hydrogens is 271 g/mol. The number of rotatable bonds is 3. The third-order valence-corrected chi connectivity index (χ3v) is 3.50. The predicted molar refractivity (Wildman–Crippen MR) is 78.8 cm³/mol. The molecular formula is C16H17FN2O2. The zero-order valence-electron chi connectivity index (χ0n) is 12.2. The molecule has 110 valence electrons. The van der Waals surface area contributed by atoms with Crippen LogP contribution >= 0.6 is 0 Å². The van der Waals surface area contributed by atoms with Crippen LogP contribution in [-0.4, -0.2) is 10.9 Å². The lowest BCUT2D eigenvalue weighted by molar-refractivity contribution is 0.0950. The average Bonchev–Trinajstić information content (AvgIpc) is 2.45. The first-order chi connectivity index (χ1) is 9.91. The van der Waals surface area contributed by atoms with Crippen LogP contribution in [0, 0.1) is 26.6 Å². The first-order valence-electron chi connectivity index (χ1n) is 6.63. The summed E-state index contributed by atoms with van der Waals surface area (Å²) < 4.78 is 13.8. The summed E-state index contributed by atoms with van der Waals surface area (Å²) in [7, 11) is 0. The predicted octanol–water partition coefficient (Wildman–Crippen LogP) is 2.37. The number of carbonyl (C=O) groups is 1. The Kier molecular flexibility index (Phi) is 4.21. The SMILES string of the molecule is Cc1ccccc1C(=O)NCc1c(C)c(F)c(C)[nH]c1=O. The minimum Gasteiger partial charge on any atom is -0.348 e. The van der Waals surface area contributed by atoms with Gasteiger partial charge in [0.05, 0.1) is 5.69 Å². The number of benzene rings is 1. The summed E-state index contributed by atoms with van der Waals surface area (Å²) in [5.41, 5.74) is 1.71. The number of pyridine rings is 1. The normalized spacial score (nSPS) is 10.5. The molecule has 1 aromatic heterocycles. The van der Waals surface area contributed by atoms with Gasteiger partial charge in [0.25, 0.3) is 11.5 Å². The van der Waals surface area contributed by atoms with Gasteiger partial charge in [0.1, 0.15) is 5.82 Å². The van der Waals surface area contributed by atoms with E-state index in [1.165, 1.54) is 13.8 Å². The maximum atomic E-state index is 13.8. The summed E-state index contributed by atoms with van der Waals surface area (Å²) in [6.45, 7) is 4.86. The van der Waals surface area contributed by atoms with Crippen molar-refractivity contribution in [1.29, 1.82) is 0 Å². The summed E-state index contributed by atoms with van der Waals surface area (Å²) in [6, 6.07) is 7.15. The van der Waals surface area contributed by atoms with Crippen molar-refractivity contribution in [2.45, 2.75) is 27.3 Å². The Morgan fingerprint density at radius 1 is 1.24 bits per heavy atom. The second-order valence-electron chi connectivity index (χ2n) is 4.99. The van der Waals surface area contributed by atoms with Crippen LogP contribution in [0.2, 0.25) is 0 Å². The van der Waals surface area contributed by atoms with Gasteiger partial charge in [-0.05, 0) is 38.0 Å². The highest BCUT2D eigenvalue weighted by molar-refractivity contribution is 5.95. The van der Waals surface area contributed by atoms with Crippen LogP contribution in [0.3, 0.4) is 0 Å². The smallest absolute Gasteiger partial charge is 0.253 e. The molecule has 0 atom stereocenters. The Morgan fingerprint density at radius 2 is 1.90 bits per heavy atom. The van der Waals surface area contributed by atoms with E-state index < -0.39 is 5.82 Å². The highest BCUT2D eigenvalue weighted by atomic mass is 19.1. The lowest BCUT2D eigenvalue weighted by Gasteiger charge is -2.10. The van der Waals surface area contributed by atoms with Crippen molar-refractivity contribution in [3.63, 3.8) is 0 Å². The minimum absolute atomic E-state index is 0.00840. The first-order valence-corrected chi connectivity index (χ1v) is 6.63. The minimum atomic E-state index is -0.449. The van der Waals surface area contributed by atoms with Crippen molar-refractivity contribution in [3.05, 3.63) is 68.4 Å². The molecule has 4 nitrogen and oxygen atoms in total. The van der Waals surface area contributed by atoms with Crippen LogP contribution in [0.4, 0.5) is 4.39 Å². The summed E-state index contributed by atoms with van der Waals surface area (Å²) in [5, 5.41) is 2.66. The third kappa shape index (κ3) is 3.02. The van der Waals surface area contributed by atoms with Gasteiger partial charge in [-0.15, -0.1) is 0 Å². The Morgan fingerprint density at radius 3 is 2.57 bits per heavy atom.